The molecule has 43 heavy (non-hydrogen) atoms. The van der Waals surface area contributed by atoms with Gasteiger partial charge in [-0.15, -0.1) is 0 Å². The van der Waals surface area contributed by atoms with Crippen molar-refractivity contribution in [2.45, 2.75) is 32.3 Å². The lowest BCUT2D eigenvalue weighted by atomic mass is 10.1. The smallest absolute Gasteiger partial charge is 0.206 e. The minimum absolute atomic E-state index is 0.143. The van der Waals surface area contributed by atoms with Crippen molar-refractivity contribution in [3.8, 4) is 11.5 Å². The number of fused-ring (bicyclic) bond motifs is 2. The van der Waals surface area contributed by atoms with Gasteiger partial charge in [-0.25, -0.2) is 8.42 Å². The van der Waals surface area contributed by atoms with E-state index in [1.165, 1.54) is 0 Å². The number of sulfone groups is 1. The fourth-order valence-corrected chi connectivity index (χ4v) is 9.24. The Morgan fingerprint density at radius 1 is 0.605 bits per heavy atom. The van der Waals surface area contributed by atoms with Crippen LogP contribution >= 0.6 is 159 Å². The van der Waals surface area contributed by atoms with Crippen LogP contribution in [-0.4, -0.2) is 40.9 Å². The maximum absolute atomic E-state index is 14.1. The van der Waals surface area contributed by atoms with Gasteiger partial charge >= 0.3 is 0 Å². The molecule has 4 aromatic rings. The summed E-state index contributed by atoms with van der Waals surface area (Å²) in [5.74, 6) is 1.20. The molecule has 0 aromatic heterocycles. The first-order valence-corrected chi connectivity index (χ1v) is 22.2. The molecule has 0 radical (unpaired) electrons. The van der Waals surface area contributed by atoms with Gasteiger partial charge in [-0.1, -0.05) is 63.7 Å². The van der Waals surface area contributed by atoms with Crippen LogP contribution in [0.15, 0.2) is 73.0 Å². The molecule has 232 valence electrons. The molecule has 4 nitrogen and oxygen atoms in total. The molecule has 0 fully saturated rings. The number of benzene rings is 4. The van der Waals surface area contributed by atoms with Crippen LogP contribution in [0.25, 0.3) is 21.5 Å². The quantitative estimate of drug-likeness (QED) is 0.149. The minimum Gasteiger partial charge on any atom is -0.490 e. The van der Waals surface area contributed by atoms with Crippen molar-refractivity contribution in [1.29, 1.82) is 0 Å². The Morgan fingerprint density at radius 3 is 1.28 bits per heavy atom. The van der Waals surface area contributed by atoms with Gasteiger partial charge in [0.15, 0.2) is 0 Å². The summed E-state index contributed by atoms with van der Waals surface area (Å²) in [6.45, 7) is 4.79. The molecule has 0 aliphatic carbocycles. The van der Waals surface area contributed by atoms with Gasteiger partial charge in [-0.3, -0.25) is 0 Å². The van der Waals surface area contributed by atoms with Crippen LogP contribution in [-0.2, 0) is 9.84 Å². The van der Waals surface area contributed by atoms with Crippen LogP contribution < -0.4 is 9.47 Å². The summed E-state index contributed by atoms with van der Waals surface area (Å²) in [6, 6.07) is 10.3. The summed E-state index contributed by atoms with van der Waals surface area (Å²) >= 11 is 36.1. The lowest BCUT2D eigenvalue weighted by molar-refractivity contribution is 0.294. The summed E-state index contributed by atoms with van der Waals surface area (Å²) in [5, 5.41) is 4.26. The van der Waals surface area contributed by atoms with Crippen LogP contribution in [0, 0.1) is 0 Å². The topological polar surface area (TPSA) is 52.6 Å². The zero-order valence-corrected chi connectivity index (χ0v) is 38.8. The van der Waals surface area contributed by atoms with Crippen LogP contribution in [0.3, 0.4) is 0 Å². The molecule has 0 saturated carbocycles. The van der Waals surface area contributed by atoms with Crippen LogP contribution in [0.2, 0.25) is 0 Å². The van der Waals surface area contributed by atoms with Crippen molar-refractivity contribution in [3.05, 3.63) is 63.2 Å². The van der Waals surface area contributed by atoms with E-state index in [4.69, 9.17) is 9.47 Å². The van der Waals surface area contributed by atoms with Gasteiger partial charge in [-0.2, -0.15) is 0 Å². The zero-order chi connectivity index (χ0) is 32.1. The van der Waals surface area contributed by atoms with Crippen LogP contribution in [0.1, 0.15) is 13.8 Å². The molecule has 0 bridgehead atoms. The van der Waals surface area contributed by atoms with E-state index in [0.29, 0.717) is 55.1 Å². The molecule has 2 unspecified atom stereocenters. The molecule has 4 aromatic carbocycles. The van der Waals surface area contributed by atoms with E-state index < -0.39 is 9.84 Å². The fourth-order valence-electron chi connectivity index (χ4n) is 3.99. The number of ether oxygens (including phenoxy) is 2. The second-order valence-corrected chi connectivity index (χ2v) is 22.1. The molecule has 0 spiro atoms. The lowest BCUT2D eigenvalue weighted by Crippen LogP contribution is -2.27. The molecule has 0 amide bonds. The Bertz CT molecular complexity index is 1710. The number of halogens is 10. The van der Waals surface area contributed by atoms with E-state index in [1.807, 2.05) is 26.0 Å². The maximum Gasteiger partial charge on any atom is 0.206 e. The first kappa shape index (κ1) is 37.6. The normalized spacial score (nSPS) is 15.0. The summed E-state index contributed by atoms with van der Waals surface area (Å²) in [6.07, 6.45) is 0. The zero-order valence-electron chi connectivity index (χ0n) is 22.1. The first-order chi connectivity index (χ1) is 19.9. The van der Waals surface area contributed by atoms with Crippen molar-refractivity contribution < 1.29 is 17.9 Å². The summed E-state index contributed by atoms with van der Waals surface area (Å²) in [5.41, 5.74) is 0. The molecular weight excluding hydrogens is 1230 g/mol. The van der Waals surface area contributed by atoms with Gasteiger partial charge in [-0.05, 0) is 157 Å². The predicted molar refractivity (Wildman–Crippen MR) is 213 cm³/mol. The number of alkyl halides is 4. The molecule has 4 rings (SSSR count). The average Bonchev–Trinajstić information content (AvgIpc) is 2.93. The number of hydrogen-bond acceptors (Lipinski definition) is 4. The molecule has 2 atom stereocenters. The molecule has 0 aliphatic rings. The summed E-state index contributed by atoms with van der Waals surface area (Å²) < 4.78 is 44.3. The van der Waals surface area contributed by atoms with Crippen molar-refractivity contribution in [2.24, 2.45) is 0 Å². The lowest BCUT2D eigenvalue weighted by Gasteiger charge is -2.22. The molecule has 0 heterocycles. The number of rotatable bonds is 10. The van der Waals surface area contributed by atoms with Gasteiger partial charge < -0.3 is 9.47 Å². The van der Waals surface area contributed by atoms with E-state index in [9.17, 15) is 8.42 Å². The largest absolute Gasteiger partial charge is 0.490 e. The third-order valence-electron chi connectivity index (χ3n) is 6.24. The van der Waals surface area contributed by atoms with Gasteiger partial charge in [0.2, 0.25) is 9.84 Å². The second-order valence-electron chi connectivity index (χ2n) is 10.2. The highest BCUT2D eigenvalue weighted by molar-refractivity contribution is 9.14. The van der Waals surface area contributed by atoms with Crippen LogP contribution in [0.4, 0.5) is 0 Å². The van der Waals surface area contributed by atoms with Crippen molar-refractivity contribution >= 4 is 191 Å². The van der Waals surface area contributed by atoms with Crippen molar-refractivity contribution in [1.82, 2.24) is 0 Å². The van der Waals surface area contributed by atoms with E-state index >= 15 is 0 Å². The second kappa shape index (κ2) is 14.7. The van der Waals surface area contributed by atoms with E-state index in [2.05, 4.69) is 159 Å². The van der Waals surface area contributed by atoms with E-state index in [0.717, 1.165) is 28.7 Å². The van der Waals surface area contributed by atoms with Gasteiger partial charge in [0.1, 0.15) is 24.7 Å². The van der Waals surface area contributed by atoms with Gasteiger partial charge in [0, 0.05) is 39.3 Å². The molecule has 0 aliphatic heterocycles. The average molecular weight is 1250 g/mol. The summed E-state index contributed by atoms with van der Waals surface area (Å²) in [4.78, 5) is 0.285. The Labute approximate surface area is 334 Å². The van der Waals surface area contributed by atoms with E-state index in [-0.39, 0.29) is 18.4 Å². The first-order valence-electron chi connectivity index (χ1n) is 12.2. The fraction of sp³-hybridized carbons (Fsp3) is 0.286. The van der Waals surface area contributed by atoms with Crippen LogP contribution in [0.5, 0.6) is 11.5 Å². The third kappa shape index (κ3) is 8.32. The standard InChI is InChI=1S/C28H20Br10O4S/c1-27(37,9-29)11-41-25-21-13(5-19(33)23(25)35)3-15(7-17(21)31)43(39,40)16-4-14-6-20(34)24(36)26(22(14)18(32)8-16)42-12-28(2,38)10-30/h3-8H,9-12H2,1-2H3. The van der Waals surface area contributed by atoms with E-state index in [1.54, 1.807) is 24.3 Å². The Balaban J connectivity index is 1.85. The highest BCUT2D eigenvalue weighted by Crippen LogP contribution is 2.47. The molecule has 0 N–H and O–H groups in total. The Kier molecular flexibility index (Phi) is 12.8. The molecular formula is C28H20Br10O4S. The van der Waals surface area contributed by atoms with Gasteiger partial charge in [0.05, 0.1) is 27.4 Å². The minimum atomic E-state index is -3.94. The third-order valence-corrected chi connectivity index (χ3v) is 18.1. The summed E-state index contributed by atoms with van der Waals surface area (Å²) in [7, 11) is -3.94. The Morgan fingerprint density at radius 2 is 0.953 bits per heavy atom. The molecule has 15 heteroatoms. The monoisotopic (exact) mass is 1240 g/mol. The Hall–Kier alpha value is 1.75. The van der Waals surface area contributed by atoms with Crippen molar-refractivity contribution in [3.63, 3.8) is 0 Å². The van der Waals surface area contributed by atoms with Gasteiger partial charge in [0.25, 0.3) is 0 Å². The maximum atomic E-state index is 14.1. The highest BCUT2D eigenvalue weighted by Gasteiger charge is 2.27. The highest BCUT2D eigenvalue weighted by atomic mass is 79.9. The molecule has 0 saturated heterocycles. The predicted octanol–water partition coefficient (Wildman–Crippen LogP) is 13.3. The number of hydrogen-bond donors (Lipinski definition) is 0. The SMILES string of the molecule is CC(Br)(CBr)COc1c(Br)c(Br)cc2cc(S(=O)(=O)c3cc(Br)c4c(OCC(C)(Br)CBr)c(Br)c(Br)cc4c3)cc(Br)c12. The van der Waals surface area contributed by atoms with Crippen molar-refractivity contribution in [2.75, 3.05) is 23.9 Å².